The molecule has 1 saturated heterocycles. The van der Waals surface area contributed by atoms with E-state index in [2.05, 4.69) is 16.0 Å². The normalized spacial score (nSPS) is 23.9. The fourth-order valence-corrected chi connectivity index (χ4v) is 8.85. The van der Waals surface area contributed by atoms with Crippen LogP contribution in [0.15, 0.2) is 85.0 Å². The molecule has 0 bridgehead atoms. The van der Waals surface area contributed by atoms with Crippen LogP contribution in [-0.4, -0.2) is 70.2 Å². The summed E-state index contributed by atoms with van der Waals surface area (Å²) in [5, 5.41) is 9.91. The molecule has 3 aliphatic heterocycles. The molecule has 1 unspecified atom stereocenters. The molecule has 7 rings (SSSR count). The molecule has 9 nitrogen and oxygen atoms in total. The molecule has 1 saturated carbocycles. The number of aliphatic imine (C=N–C) groups is 1. The van der Waals surface area contributed by atoms with Crippen molar-refractivity contribution < 1.29 is 32.5 Å². The second-order valence-corrected chi connectivity index (χ2v) is 15.1. The number of morpholine rings is 1. The minimum atomic E-state index is -3.40. The average molecular weight is 637 g/mol. The minimum Gasteiger partial charge on any atom is -0.496 e. The van der Waals surface area contributed by atoms with Crippen LogP contribution < -0.4 is 4.90 Å². The number of fused-ring (bicyclic) bond motifs is 4. The van der Waals surface area contributed by atoms with Crippen molar-refractivity contribution in [3.05, 3.63) is 80.7 Å². The molecule has 0 spiro atoms. The van der Waals surface area contributed by atoms with Crippen molar-refractivity contribution in [2.45, 2.75) is 43.6 Å². The lowest BCUT2D eigenvalue weighted by atomic mass is 9.80. The van der Waals surface area contributed by atoms with E-state index in [9.17, 15) is 18.3 Å². The van der Waals surface area contributed by atoms with Crippen molar-refractivity contribution in [1.29, 1.82) is 0 Å². The maximum absolute atomic E-state index is 12.5. The molecule has 0 amide bonds. The zero-order valence-electron chi connectivity index (χ0n) is 24.7. The van der Waals surface area contributed by atoms with E-state index in [1.807, 2.05) is 18.4 Å². The number of carbonyl (C=O) groups is 1. The maximum Gasteiger partial charge on any atom is 0.361 e. The highest BCUT2D eigenvalue weighted by Gasteiger charge is 2.45. The summed E-state index contributed by atoms with van der Waals surface area (Å²) in [6.07, 6.45) is 13.0. The Morgan fingerprint density at radius 2 is 1.93 bits per heavy atom. The number of benzene rings is 1. The van der Waals surface area contributed by atoms with Crippen LogP contribution in [0.3, 0.4) is 0 Å². The Kier molecular flexibility index (Phi) is 7.96. The van der Waals surface area contributed by atoms with E-state index >= 15 is 0 Å². The topological polar surface area (TPSA) is 115 Å². The molecule has 2 fully saturated rings. The molecule has 0 radical (unpaired) electrons. The molecule has 1 N–H and O–H groups in total. The first-order valence-corrected chi connectivity index (χ1v) is 17.9. The number of carboxylic acids is 1. The number of hydrogen-bond acceptors (Lipinski definition) is 9. The van der Waals surface area contributed by atoms with Crippen LogP contribution in [0.4, 0.5) is 5.69 Å². The van der Waals surface area contributed by atoms with Gasteiger partial charge in [0.1, 0.15) is 19.0 Å². The largest absolute Gasteiger partial charge is 0.496 e. The lowest BCUT2D eigenvalue weighted by Gasteiger charge is -2.31. The summed E-state index contributed by atoms with van der Waals surface area (Å²) in [6.45, 7) is 3.58. The summed E-state index contributed by atoms with van der Waals surface area (Å²) in [6, 6.07) is 5.27. The number of sulfone groups is 1. The van der Waals surface area contributed by atoms with E-state index in [0.29, 0.717) is 32.3 Å². The van der Waals surface area contributed by atoms with Gasteiger partial charge in [0.25, 0.3) is 0 Å². The van der Waals surface area contributed by atoms with Crippen LogP contribution in [0, 0.1) is 11.8 Å². The van der Waals surface area contributed by atoms with Gasteiger partial charge in [-0.25, -0.2) is 13.2 Å². The van der Waals surface area contributed by atoms with Crippen LogP contribution in [0.2, 0.25) is 0 Å². The fourth-order valence-electron chi connectivity index (χ4n) is 7.18. The van der Waals surface area contributed by atoms with Crippen molar-refractivity contribution in [2.75, 3.05) is 50.6 Å². The number of thioether (sulfide) groups is 1. The third-order valence-corrected chi connectivity index (χ3v) is 11.6. The van der Waals surface area contributed by atoms with E-state index in [0.717, 1.165) is 64.6 Å². The number of hydrogen-bond donors (Lipinski definition) is 1. The van der Waals surface area contributed by atoms with E-state index in [1.54, 1.807) is 12.1 Å². The Morgan fingerprint density at radius 3 is 2.68 bits per heavy atom. The molecule has 1 aromatic carbocycles. The van der Waals surface area contributed by atoms with Gasteiger partial charge >= 0.3 is 5.97 Å². The van der Waals surface area contributed by atoms with Crippen molar-refractivity contribution in [1.82, 2.24) is 0 Å². The van der Waals surface area contributed by atoms with Crippen LogP contribution in [0.25, 0.3) is 0 Å². The average Bonchev–Trinajstić information content (AvgIpc) is 3.52. The van der Waals surface area contributed by atoms with Gasteiger partial charge in [0.2, 0.25) is 0 Å². The molecule has 1 aromatic rings. The lowest BCUT2D eigenvalue weighted by Crippen LogP contribution is -2.36. The zero-order valence-corrected chi connectivity index (χ0v) is 26.3. The highest BCUT2D eigenvalue weighted by atomic mass is 32.2. The quantitative estimate of drug-likeness (QED) is 0.433. The van der Waals surface area contributed by atoms with E-state index in [-0.39, 0.29) is 22.5 Å². The lowest BCUT2D eigenvalue weighted by molar-refractivity contribution is -0.129. The molecule has 11 heteroatoms. The highest BCUT2D eigenvalue weighted by molar-refractivity contribution is 8.19. The maximum atomic E-state index is 12.5. The van der Waals surface area contributed by atoms with Gasteiger partial charge < -0.3 is 24.2 Å². The summed E-state index contributed by atoms with van der Waals surface area (Å²) in [5.41, 5.74) is 7.36. The highest BCUT2D eigenvalue weighted by Crippen LogP contribution is 2.57. The zero-order chi connectivity index (χ0) is 30.4. The second-order valence-electron chi connectivity index (χ2n) is 12.0. The smallest absolute Gasteiger partial charge is 0.361 e. The van der Waals surface area contributed by atoms with Gasteiger partial charge in [-0.05, 0) is 59.8 Å². The van der Waals surface area contributed by atoms with Gasteiger partial charge in [-0.2, -0.15) is 0 Å². The Labute approximate surface area is 262 Å². The standard InChI is InChI=1S/C33H36N2O7S2/c1-44(38,39)23-7-9-26(35-11-13-40-14-12-35)21(15-23)18-42-27-10-8-24-28(20-5-3-2-4-6-20)30-25(29(24)27)19-41-17-22-16-34-32(33(36)37)43-31(22)30/h7-10,15,19-20,29H,2-6,11-14,16-18H2,1H3,(H,36,37). The molecule has 232 valence electrons. The van der Waals surface area contributed by atoms with Gasteiger partial charge in [0.05, 0.1) is 36.8 Å². The summed E-state index contributed by atoms with van der Waals surface area (Å²) >= 11 is 1.24. The first kappa shape index (κ1) is 29.4. The predicted octanol–water partition coefficient (Wildman–Crippen LogP) is 5.17. The number of carboxylic acid groups (broad SMARTS) is 1. The van der Waals surface area contributed by atoms with Gasteiger partial charge in [-0.1, -0.05) is 37.1 Å². The molecule has 1 atom stereocenters. The number of nitrogens with zero attached hydrogens (tertiary/aromatic N) is 2. The Hall–Kier alpha value is -3.28. The second kappa shape index (κ2) is 11.9. The number of ether oxygens (including phenoxy) is 3. The van der Waals surface area contributed by atoms with Crippen LogP contribution in [0.5, 0.6) is 0 Å². The first-order chi connectivity index (χ1) is 21.3. The number of aliphatic carboxylic acids is 1. The summed E-state index contributed by atoms with van der Waals surface area (Å²) in [7, 11) is -3.40. The number of allylic oxidation sites excluding steroid dienone is 5. The summed E-state index contributed by atoms with van der Waals surface area (Å²) in [4.78, 5) is 19.7. The van der Waals surface area contributed by atoms with E-state index < -0.39 is 15.8 Å². The van der Waals surface area contributed by atoms with E-state index in [1.165, 1.54) is 48.4 Å². The van der Waals surface area contributed by atoms with Gasteiger partial charge in [0, 0.05) is 46.6 Å². The Morgan fingerprint density at radius 1 is 1.14 bits per heavy atom. The van der Waals surface area contributed by atoms with Gasteiger partial charge in [-0.3, -0.25) is 4.99 Å². The van der Waals surface area contributed by atoms with Gasteiger partial charge in [-0.15, -0.1) is 0 Å². The summed E-state index contributed by atoms with van der Waals surface area (Å²) < 4.78 is 43.2. The molecule has 3 heterocycles. The van der Waals surface area contributed by atoms with Crippen molar-refractivity contribution in [3.63, 3.8) is 0 Å². The first-order valence-electron chi connectivity index (χ1n) is 15.2. The van der Waals surface area contributed by atoms with E-state index in [4.69, 9.17) is 14.2 Å². The molecular formula is C33H36N2O7S2. The molecule has 44 heavy (non-hydrogen) atoms. The third-order valence-electron chi connectivity index (χ3n) is 9.25. The molecule has 3 aliphatic carbocycles. The monoisotopic (exact) mass is 636 g/mol. The Bertz CT molecular complexity index is 1690. The SMILES string of the molecule is CS(=O)(=O)c1ccc(N2CCOCC2)c(COC2=CC=C3C(C4CCCCC4)=C4C(=COCC5=C4SC(C(=O)O)=NC5)C23)c1. The number of anilines is 1. The molecule has 0 aromatic heterocycles. The van der Waals surface area contributed by atoms with Crippen molar-refractivity contribution in [3.8, 4) is 0 Å². The third kappa shape index (κ3) is 5.43. The van der Waals surface area contributed by atoms with Gasteiger partial charge in [0.15, 0.2) is 14.9 Å². The minimum absolute atomic E-state index is 0.111. The number of rotatable bonds is 7. The fraction of sp³-hybridized carbons (Fsp3) is 0.455. The van der Waals surface area contributed by atoms with Crippen LogP contribution in [-0.2, 0) is 35.4 Å². The molecular weight excluding hydrogens is 601 g/mol. The summed E-state index contributed by atoms with van der Waals surface area (Å²) in [5.74, 6) is -0.00447. The Balaban J connectivity index is 1.22. The predicted molar refractivity (Wildman–Crippen MR) is 169 cm³/mol. The van der Waals surface area contributed by atoms with Crippen molar-refractivity contribution in [2.24, 2.45) is 16.8 Å². The molecule has 6 aliphatic rings. The van der Waals surface area contributed by atoms with Crippen LogP contribution in [0.1, 0.15) is 37.7 Å². The van der Waals surface area contributed by atoms with Crippen LogP contribution >= 0.6 is 11.8 Å². The van der Waals surface area contributed by atoms with Crippen molar-refractivity contribution >= 4 is 38.3 Å².